The highest BCUT2D eigenvalue weighted by Crippen LogP contribution is 2.58. The van der Waals surface area contributed by atoms with Gasteiger partial charge in [0.25, 0.3) is 0 Å². The summed E-state index contributed by atoms with van der Waals surface area (Å²) in [5.41, 5.74) is 5.24. The molecule has 0 bridgehead atoms. The van der Waals surface area contributed by atoms with Crippen LogP contribution in [0.3, 0.4) is 0 Å². The average molecular weight is 834 g/mol. The van der Waals surface area contributed by atoms with Crippen molar-refractivity contribution in [3.63, 3.8) is 0 Å². The first kappa shape index (κ1) is 41.6. The summed E-state index contributed by atoms with van der Waals surface area (Å²) in [6.07, 6.45) is 0.668. The summed E-state index contributed by atoms with van der Waals surface area (Å²) in [6, 6.07) is 49.4. The van der Waals surface area contributed by atoms with Crippen molar-refractivity contribution in [1.29, 1.82) is 0 Å². The van der Waals surface area contributed by atoms with Crippen LogP contribution in [0.5, 0.6) is 11.5 Å². The molecule has 0 heterocycles. The fraction of sp³-hybridized carbons (Fsp3) is 0.196. The predicted molar refractivity (Wildman–Crippen MR) is 223 cm³/mol. The van der Waals surface area contributed by atoms with Gasteiger partial charge in [-0.05, 0) is 58.7 Å². The summed E-state index contributed by atoms with van der Waals surface area (Å²) in [5.74, 6) is -0.0439. The van der Waals surface area contributed by atoms with Gasteiger partial charge in [0.05, 0.1) is 26.4 Å². The summed E-state index contributed by atoms with van der Waals surface area (Å²) in [4.78, 5) is 12.9. The van der Waals surface area contributed by atoms with Gasteiger partial charge in [-0.2, -0.15) is 0 Å². The maximum atomic E-state index is 14.8. The molecular weight excluding hydrogens is 788 g/mol. The first-order valence-electron chi connectivity index (χ1n) is 19.3. The number of fused-ring (bicyclic) bond motifs is 1. The Morgan fingerprint density at radius 2 is 0.898 bits per heavy atom. The van der Waals surface area contributed by atoms with Crippen LogP contribution in [0.2, 0.25) is 0 Å². The lowest BCUT2D eigenvalue weighted by molar-refractivity contribution is 0.133. The Morgan fingerprint density at radius 1 is 0.508 bits per heavy atom. The molecule has 1 atom stereocenters. The molecule has 59 heavy (non-hydrogen) atoms. The van der Waals surface area contributed by atoms with Crippen LogP contribution in [-0.2, 0) is 77.8 Å². The monoisotopic (exact) mass is 833 g/mol. The van der Waals surface area contributed by atoms with E-state index in [1.807, 2.05) is 152 Å². The van der Waals surface area contributed by atoms with E-state index in [9.17, 15) is 13.9 Å². The third-order valence-electron chi connectivity index (χ3n) is 9.41. The lowest BCUT2D eigenvalue weighted by Gasteiger charge is -2.29. The molecular formula is C46H45NO10P2. The minimum Gasteiger partial charge on any atom is -0.445 e. The second kappa shape index (κ2) is 20.5. The minimum atomic E-state index is -4.45. The van der Waals surface area contributed by atoms with Gasteiger partial charge < -0.3 is 19.1 Å². The van der Waals surface area contributed by atoms with Crippen molar-refractivity contribution in [2.45, 2.75) is 58.3 Å². The van der Waals surface area contributed by atoms with Gasteiger partial charge in [-0.3, -0.25) is 18.1 Å². The number of ether oxygens (including phenoxy) is 1. The molecule has 0 radical (unpaired) electrons. The van der Waals surface area contributed by atoms with Crippen LogP contribution < -0.4 is 14.4 Å². The van der Waals surface area contributed by atoms with Gasteiger partial charge in [-0.25, -0.2) is 13.9 Å². The highest BCUT2D eigenvalue weighted by Gasteiger charge is 2.37. The molecule has 1 aliphatic carbocycles. The molecule has 0 fully saturated rings. The summed E-state index contributed by atoms with van der Waals surface area (Å²) >= 11 is 0. The Morgan fingerprint density at radius 3 is 1.32 bits per heavy atom. The zero-order valence-electron chi connectivity index (χ0n) is 32.3. The Balaban J connectivity index is 1.19. The van der Waals surface area contributed by atoms with Crippen molar-refractivity contribution in [1.82, 2.24) is 5.32 Å². The molecule has 0 spiro atoms. The molecule has 0 saturated heterocycles. The van der Waals surface area contributed by atoms with Crippen LogP contribution in [-0.4, -0.2) is 12.1 Å². The van der Waals surface area contributed by atoms with Crippen molar-refractivity contribution >= 4 is 21.7 Å². The van der Waals surface area contributed by atoms with Gasteiger partial charge >= 0.3 is 21.7 Å². The number of nitrogens with one attached hydrogen (secondary N) is 1. The average Bonchev–Trinajstić information content (AvgIpc) is 3.28. The Bertz CT molecular complexity index is 2240. The zero-order valence-corrected chi connectivity index (χ0v) is 34.1. The molecule has 6 aromatic rings. The number of hydrogen-bond acceptors (Lipinski definition) is 10. The van der Waals surface area contributed by atoms with E-state index in [4.69, 9.17) is 31.9 Å². The van der Waals surface area contributed by atoms with Crippen LogP contribution in [0, 0.1) is 0 Å². The lowest BCUT2D eigenvalue weighted by Crippen LogP contribution is -2.39. The molecule has 13 heteroatoms. The second-order valence-electron chi connectivity index (χ2n) is 13.8. The molecule has 11 nitrogen and oxygen atoms in total. The number of rotatable bonds is 19. The van der Waals surface area contributed by atoms with Crippen molar-refractivity contribution in [3.05, 3.63) is 203 Å². The number of hydrogen-bond donors (Lipinski definition) is 1. The van der Waals surface area contributed by atoms with Gasteiger partial charge in [0.15, 0.2) is 11.5 Å². The van der Waals surface area contributed by atoms with E-state index in [1.165, 1.54) is 0 Å². The third-order valence-corrected chi connectivity index (χ3v) is 12.0. The molecule has 0 saturated carbocycles. The normalized spacial score (nSPS) is 13.9. The number of phosphoric ester groups is 2. The Hall–Kier alpha value is -5.51. The fourth-order valence-corrected chi connectivity index (χ4v) is 8.75. The Kier molecular flexibility index (Phi) is 14.4. The van der Waals surface area contributed by atoms with E-state index in [-0.39, 0.29) is 50.6 Å². The van der Waals surface area contributed by atoms with E-state index in [0.717, 1.165) is 33.4 Å². The van der Waals surface area contributed by atoms with Gasteiger partial charge in [-0.15, -0.1) is 0 Å². The SMILES string of the molecule is O=C(N[C@H]1CCc2c(ccc(OP(=O)(OCc3ccccc3)OCc3ccccc3)c2OP(=O)(OCc2ccccc2)OCc2ccccc2)C1)OCc1ccccc1. The predicted octanol–water partition coefficient (Wildman–Crippen LogP) is 11.3. The molecule has 7 rings (SSSR count). The topological polar surface area (TPSA) is 128 Å². The number of carbonyl (C=O) groups excluding carboxylic acids is 1. The number of carbonyl (C=O) groups is 1. The summed E-state index contributed by atoms with van der Waals surface area (Å²) in [6.45, 7) is -0.210. The molecule has 0 aliphatic heterocycles. The van der Waals surface area contributed by atoms with Crippen molar-refractivity contribution in [3.8, 4) is 11.5 Å². The number of alkyl carbamates (subject to hydrolysis) is 1. The van der Waals surface area contributed by atoms with Crippen LogP contribution in [0.1, 0.15) is 45.4 Å². The quantitative estimate of drug-likeness (QED) is 0.0788. The van der Waals surface area contributed by atoms with Gasteiger partial charge in [0.2, 0.25) is 0 Å². The van der Waals surface area contributed by atoms with Crippen molar-refractivity contribution in [2.24, 2.45) is 0 Å². The zero-order chi connectivity index (χ0) is 40.8. The lowest BCUT2D eigenvalue weighted by atomic mass is 9.87. The number of phosphoric acid groups is 2. The first-order chi connectivity index (χ1) is 28.8. The van der Waals surface area contributed by atoms with Crippen LogP contribution in [0.15, 0.2) is 164 Å². The van der Waals surface area contributed by atoms with Crippen molar-refractivity contribution in [2.75, 3.05) is 0 Å². The van der Waals surface area contributed by atoms with Gasteiger partial charge in [-0.1, -0.05) is 158 Å². The second-order valence-corrected chi connectivity index (χ2v) is 17.0. The number of amides is 1. The summed E-state index contributed by atoms with van der Waals surface area (Å²) in [7, 11) is -8.87. The molecule has 1 amide bonds. The molecule has 1 N–H and O–H groups in total. The Labute approximate surface area is 344 Å². The smallest absolute Gasteiger partial charge is 0.445 e. The molecule has 1 aliphatic rings. The summed E-state index contributed by atoms with van der Waals surface area (Å²) < 4.78 is 71.6. The maximum Gasteiger partial charge on any atom is 0.530 e. The molecule has 0 aromatic heterocycles. The molecule has 0 unspecified atom stereocenters. The molecule has 6 aromatic carbocycles. The van der Waals surface area contributed by atoms with Crippen LogP contribution in [0.4, 0.5) is 4.79 Å². The maximum absolute atomic E-state index is 14.8. The van der Waals surface area contributed by atoms with Crippen LogP contribution >= 0.6 is 15.6 Å². The fourth-order valence-electron chi connectivity index (χ4n) is 6.35. The van der Waals surface area contributed by atoms with E-state index < -0.39 is 21.7 Å². The third kappa shape index (κ3) is 12.5. The highest BCUT2D eigenvalue weighted by molar-refractivity contribution is 7.49. The summed E-state index contributed by atoms with van der Waals surface area (Å²) in [5, 5.41) is 2.97. The minimum absolute atomic E-state index is 0.00362. The van der Waals surface area contributed by atoms with Crippen LogP contribution in [0.25, 0.3) is 0 Å². The number of benzene rings is 6. The molecule has 304 valence electrons. The highest BCUT2D eigenvalue weighted by atomic mass is 31.2. The van der Waals surface area contributed by atoms with E-state index in [1.54, 1.807) is 12.1 Å². The van der Waals surface area contributed by atoms with Gasteiger partial charge in [0, 0.05) is 11.6 Å². The standard InChI is InChI=1S/C46H45NO10P2/c48-46(51-31-36-16-6-1-7-17-36)47-42-27-28-43-41(30-42)26-29-44(56-58(49,52-32-37-18-8-2-9-19-37)53-33-38-20-10-3-11-21-38)45(43)57-59(50,54-34-39-22-12-4-13-23-39)55-35-40-24-14-5-15-25-40/h1-26,29,42H,27-28,30-35H2,(H,47,48)/t42-/m0/s1. The van der Waals surface area contributed by atoms with Crippen molar-refractivity contribution < 1.29 is 45.8 Å². The van der Waals surface area contributed by atoms with Gasteiger partial charge in [0.1, 0.15) is 6.61 Å². The first-order valence-corrected chi connectivity index (χ1v) is 22.2. The van der Waals surface area contributed by atoms with E-state index in [0.29, 0.717) is 24.8 Å². The van der Waals surface area contributed by atoms with E-state index in [2.05, 4.69) is 5.32 Å². The largest absolute Gasteiger partial charge is 0.530 e. The van der Waals surface area contributed by atoms with E-state index >= 15 is 0 Å².